The second-order valence-electron chi connectivity index (χ2n) is 6.63. The standard InChI is InChI=1S/C20H25N3O/c1-14-8-9-17(21)12-19(14)22-20(24)15(2)23(18-10-11-18)13-16-6-4-3-5-7-16/h3-9,12,15,18H,10-11,13,21H2,1-2H3,(H,22,24). The number of nitrogens with zero attached hydrogens (tertiary/aromatic N) is 1. The number of hydrogen-bond donors (Lipinski definition) is 2. The summed E-state index contributed by atoms with van der Waals surface area (Å²) in [5.74, 6) is 0.0199. The van der Waals surface area contributed by atoms with E-state index in [-0.39, 0.29) is 11.9 Å². The van der Waals surface area contributed by atoms with Crippen molar-refractivity contribution in [2.24, 2.45) is 0 Å². The number of nitrogen functional groups attached to an aromatic ring is 1. The minimum absolute atomic E-state index is 0.0199. The van der Waals surface area contributed by atoms with Gasteiger partial charge in [0, 0.05) is 24.0 Å². The molecule has 1 unspecified atom stereocenters. The first kappa shape index (κ1) is 16.5. The van der Waals surface area contributed by atoms with Crippen LogP contribution in [0.25, 0.3) is 0 Å². The van der Waals surface area contributed by atoms with Gasteiger partial charge in [-0.05, 0) is 49.9 Å². The molecule has 1 aliphatic rings. The van der Waals surface area contributed by atoms with Gasteiger partial charge in [-0.15, -0.1) is 0 Å². The summed E-state index contributed by atoms with van der Waals surface area (Å²) in [6, 6.07) is 16.2. The minimum atomic E-state index is -0.182. The maximum Gasteiger partial charge on any atom is 0.241 e. The van der Waals surface area contributed by atoms with Crippen molar-refractivity contribution >= 4 is 17.3 Å². The Bertz CT molecular complexity index is 710. The summed E-state index contributed by atoms with van der Waals surface area (Å²) in [4.78, 5) is 15.0. The minimum Gasteiger partial charge on any atom is -0.399 e. The number of carbonyl (C=O) groups excluding carboxylic acids is 1. The molecule has 3 N–H and O–H groups in total. The lowest BCUT2D eigenvalue weighted by atomic mass is 10.1. The van der Waals surface area contributed by atoms with Crippen molar-refractivity contribution in [3.05, 3.63) is 59.7 Å². The molecule has 1 atom stereocenters. The highest BCUT2D eigenvalue weighted by atomic mass is 16.2. The zero-order valence-electron chi connectivity index (χ0n) is 14.3. The average molecular weight is 323 g/mol. The van der Waals surface area contributed by atoms with Gasteiger partial charge in [0.05, 0.1) is 6.04 Å². The van der Waals surface area contributed by atoms with Gasteiger partial charge in [-0.1, -0.05) is 36.4 Å². The van der Waals surface area contributed by atoms with Crippen LogP contribution in [0.15, 0.2) is 48.5 Å². The van der Waals surface area contributed by atoms with Crippen LogP contribution in [0.4, 0.5) is 11.4 Å². The summed E-state index contributed by atoms with van der Waals surface area (Å²) in [6.45, 7) is 4.76. The second-order valence-corrected chi connectivity index (χ2v) is 6.63. The molecular weight excluding hydrogens is 298 g/mol. The first-order valence-electron chi connectivity index (χ1n) is 8.51. The third kappa shape index (κ3) is 3.95. The number of amides is 1. The Kier molecular flexibility index (Phi) is 4.86. The molecule has 4 heteroatoms. The Morgan fingerprint density at radius 2 is 1.96 bits per heavy atom. The largest absolute Gasteiger partial charge is 0.399 e. The third-order valence-corrected chi connectivity index (χ3v) is 4.62. The molecule has 1 amide bonds. The van der Waals surface area contributed by atoms with Crippen LogP contribution in [0.3, 0.4) is 0 Å². The first-order chi connectivity index (χ1) is 11.5. The fourth-order valence-electron chi connectivity index (χ4n) is 2.94. The molecule has 2 aromatic rings. The number of rotatable bonds is 6. The lowest BCUT2D eigenvalue weighted by Crippen LogP contribution is -2.43. The van der Waals surface area contributed by atoms with Gasteiger partial charge >= 0.3 is 0 Å². The van der Waals surface area contributed by atoms with Crippen molar-refractivity contribution < 1.29 is 4.79 Å². The van der Waals surface area contributed by atoms with Crippen molar-refractivity contribution in [3.63, 3.8) is 0 Å². The van der Waals surface area contributed by atoms with Gasteiger partial charge in [-0.25, -0.2) is 0 Å². The van der Waals surface area contributed by atoms with E-state index >= 15 is 0 Å². The van der Waals surface area contributed by atoms with E-state index in [4.69, 9.17) is 5.73 Å². The molecule has 0 radical (unpaired) electrons. The van der Waals surface area contributed by atoms with Crippen molar-refractivity contribution in [1.29, 1.82) is 0 Å². The molecule has 1 aliphatic carbocycles. The Hall–Kier alpha value is -2.33. The highest BCUT2D eigenvalue weighted by molar-refractivity contribution is 5.95. The van der Waals surface area contributed by atoms with Crippen molar-refractivity contribution in [3.8, 4) is 0 Å². The van der Waals surface area contributed by atoms with E-state index in [0.717, 1.165) is 17.8 Å². The lowest BCUT2D eigenvalue weighted by Gasteiger charge is -2.28. The lowest BCUT2D eigenvalue weighted by molar-refractivity contribution is -0.121. The molecule has 3 rings (SSSR count). The van der Waals surface area contributed by atoms with E-state index in [1.807, 2.05) is 50.2 Å². The van der Waals surface area contributed by atoms with Gasteiger partial charge in [0.15, 0.2) is 0 Å². The molecule has 4 nitrogen and oxygen atoms in total. The van der Waals surface area contributed by atoms with Gasteiger partial charge in [-0.3, -0.25) is 9.69 Å². The number of anilines is 2. The summed E-state index contributed by atoms with van der Waals surface area (Å²) < 4.78 is 0. The Labute approximate surface area is 143 Å². The molecule has 2 aromatic carbocycles. The van der Waals surface area contributed by atoms with E-state index in [0.29, 0.717) is 11.7 Å². The van der Waals surface area contributed by atoms with E-state index in [9.17, 15) is 4.79 Å². The van der Waals surface area contributed by atoms with Gasteiger partial charge in [0.2, 0.25) is 5.91 Å². The fourth-order valence-corrected chi connectivity index (χ4v) is 2.94. The normalized spacial score (nSPS) is 15.3. The van der Waals surface area contributed by atoms with Crippen LogP contribution in [-0.2, 0) is 11.3 Å². The summed E-state index contributed by atoms with van der Waals surface area (Å²) in [7, 11) is 0. The Morgan fingerprint density at radius 1 is 1.25 bits per heavy atom. The maximum atomic E-state index is 12.7. The highest BCUT2D eigenvalue weighted by Gasteiger charge is 2.35. The maximum absolute atomic E-state index is 12.7. The van der Waals surface area contributed by atoms with Gasteiger partial charge in [0.1, 0.15) is 0 Å². The van der Waals surface area contributed by atoms with Crippen molar-refractivity contribution in [2.75, 3.05) is 11.1 Å². The van der Waals surface area contributed by atoms with Gasteiger partial charge < -0.3 is 11.1 Å². The molecule has 1 saturated carbocycles. The highest BCUT2D eigenvalue weighted by Crippen LogP contribution is 2.30. The van der Waals surface area contributed by atoms with Crippen molar-refractivity contribution in [1.82, 2.24) is 4.90 Å². The summed E-state index contributed by atoms with van der Waals surface area (Å²) in [5, 5.41) is 3.04. The first-order valence-corrected chi connectivity index (χ1v) is 8.51. The molecule has 126 valence electrons. The third-order valence-electron chi connectivity index (χ3n) is 4.62. The summed E-state index contributed by atoms with van der Waals surface area (Å²) in [5.41, 5.74) is 9.55. The van der Waals surface area contributed by atoms with Crippen LogP contribution < -0.4 is 11.1 Å². The molecule has 0 heterocycles. The van der Waals surface area contributed by atoms with E-state index < -0.39 is 0 Å². The van der Waals surface area contributed by atoms with E-state index in [2.05, 4.69) is 22.3 Å². The van der Waals surface area contributed by atoms with Crippen LogP contribution in [0.1, 0.15) is 30.9 Å². The number of benzene rings is 2. The average Bonchev–Trinajstić information content (AvgIpc) is 3.41. The predicted octanol–water partition coefficient (Wildman–Crippen LogP) is 3.57. The number of aryl methyl sites for hydroxylation is 1. The predicted molar refractivity (Wildman–Crippen MR) is 98.7 cm³/mol. The zero-order valence-corrected chi connectivity index (χ0v) is 14.3. The quantitative estimate of drug-likeness (QED) is 0.799. The van der Waals surface area contributed by atoms with Crippen LogP contribution in [0, 0.1) is 6.92 Å². The topological polar surface area (TPSA) is 58.4 Å². The fraction of sp³-hybridized carbons (Fsp3) is 0.350. The molecule has 24 heavy (non-hydrogen) atoms. The number of nitrogens with two attached hydrogens (primary N) is 1. The molecule has 0 spiro atoms. The molecule has 0 aromatic heterocycles. The molecule has 1 fully saturated rings. The molecule has 0 aliphatic heterocycles. The second kappa shape index (κ2) is 7.05. The Balaban J connectivity index is 1.71. The number of nitrogens with one attached hydrogen (secondary N) is 1. The van der Waals surface area contributed by atoms with Crippen molar-refractivity contribution in [2.45, 2.75) is 45.3 Å². The SMILES string of the molecule is Cc1ccc(N)cc1NC(=O)C(C)N(Cc1ccccc1)C1CC1. The monoisotopic (exact) mass is 323 g/mol. The van der Waals surface area contributed by atoms with Crippen LogP contribution in [0.2, 0.25) is 0 Å². The molecular formula is C20H25N3O. The van der Waals surface area contributed by atoms with Gasteiger partial charge in [-0.2, -0.15) is 0 Å². The number of hydrogen-bond acceptors (Lipinski definition) is 3. The Morgan fingerprint density at radius 3 is 2.62 bits per heavy atom. The summed E-state index contributed by atoms with van der Waals surface area (Å²) >= 11 is 0. The zero-order chi connectivity index (χ0) is 17.1. The van der Waals surface area contributed by atoms with E-state index in [1.165, 1.54) is 18.4 Å². The summed E-state index contributed by atoms with van der Waals surface area (Å²) in [6.07, 6.45) is 2.34. The van der Waals surface area contributed by atoms with Crippen LogP contribution in [-0.4, -0.2) is 22.9 Å². The number of carbonyl (C=O) groups is 1. The van der Waals surface area contributed by atoms with Crippen LogP contribution in [0.5, 0.6) is 0 Å². The molecule has 0 saturated heterocycles. The smallest absolute Gasteiger partial charge is 0.241 e. The van der Waals surface area contributed by atoms with Crippen LogP contribution >= 0.6 is 0 Å². The van der Waals surface area contributed by atoms with Gasteiger partial charge in [0.25, 0.3) is 0 Å². The molecule has 0 bridgehead atoms. The van der Waals surface area contributed by atoms with E-state index in [1.54, 1.807) is 0 Å².